The summed E-state index contributed by atoms with van der Waals surface area (Å²) in [6.45, 7) is 6.58. The summed E-state index contributed by atoms with van der Waals surface area (Å²) in [6, 6.07) is 7.04. The third kappa shape index (κ3) is 2.10. The van der Waals surface area contributed by atoms with E-state index >= 15 is 0 Å². The Balaban J connectivity index is 1.96. The van der Waals surface area contributed by atoms with Crippen LogP contribution in [0.2, 0.25) is 0 Å². The van der Waals surface area contributed by atoms with Gasteiger partial charge in [0.1, 0.15) is 11.3 Å². The number of rotatable bonds is 1. The van der Waals surface area contributed by atoms with E-state index < -0.39 is 0 Å². The summed E-state index contributed by atoms with van der Waals surface area (Å²) in [5.41, 5.74) is 4.62. The largest absolute Gasteiger partial charge is 0.324 e. The Hall–Kier alpha value is -1.94. The minimum Gasteiger partial charge on any atom is -0.324 e. The van der Waals surface area contributed by atoms with Crippen molar-refractivity contribution in [1.29, 1.82) is 0 Å². The molecule has 1 aromatic carbocycles. The molecule has 1 saturated heterocycles. The highest BCUT2D eigenvalue weighted by Crippen LogP contribution is 2.32. The lowest BCUT2D eigenvalue weighted by atomic mass is 10.0. The van der Waals surface area contributed by atoms with Crippen LogP contribution in [0.25, 0.3) is 21.9 Å². The van der Waals surface area contributed by atoms with E-state index in [0.717, 1.165) is 29.9 Å². The van der Waals surface area contributed by atoms with Gasteiger partial charge in [-0.3, -0.25) is 4.98 Å². The van der Waals surface area contributed by atoms with E-state index in [1.165, 1.54) is 29.3 Å². The molecular weight excluding hydrogens is 272 g/mol. The predicted octanol–water partition coefficient (Wildman–Crippen LogP) is 3.47. The lowest BCUT2D eigenvalue weighted by molar-refractivity contribution is 0.222. The molecule has 0 saturated carbocycles. The highest BCUT2D eigenvalue weighted by atomic mass is 15.2. The number of likely N-dealkylation sites (tertiary alicyclic amines) is 1. The number of nitrogens with zero attached hydrogens (tertiary/aromatic N) is 4. The average molecular weight is 294 g/mol. The lowest BCUT2D eigenvalue weighted by Gasteiger charge is -2.31. The Morgan fingerprint density at radius 1 is 1.09 bits per heavy atom. The number of pyridine rings is 1. The molecular formula is C18H22N4. The van der Waals surface area contributed by atoms with E-state index in [1.54, 1.807) is 0 Å². The minimum atomic E-state index is 0.548. The number of imidazole rings is 1. The van der Waals surface area contributed by atoms with Crippen molar-refractivity contribution in [3.8, 4) is 0 Å². The maximum Gasteiger partial charge on any atom is 0.108 e. The molecule has 0 N–H and O–H groups in total. The minimum absolute atomic E-state index is 0.548. The first kappa shape index (κ1) is 13.7. The molecule has 3 heterocycles. The van der Waals surface area contributed by atoms with E-state index in [4.69, 9.17) is 4.98 Å². The third-order valence-corrected chi connectivity index (χ3v) is 4.90. The van der Waals surface area contributed by atoms with Crippen LogP contribution in [0.3, 0.4) is 0 Å². The average Bonchev–Trinajstić information content (AvgIpc) is 2.84. The molecule has 114 valence electrons. The highest BCUT2D eigenvalue weighted by molar-refractivity contribution is 6.02. The molecule has 0 unspecified atom stereocenters. The van der Waals surface area contributed by atoms with Crippen molar-refractivity contribution in [3.63, 3.8) is 0 Å². The van der Waals surface area contributed by atoms with Gasteiger partial charge in [-0.15, -0.1) is 0 Å². The quantitative estimate of drug-likeness (QED) is 0.689. The molecule has 4 rings (SSSR count). The van der Waals surface area contributed by atoms with Gasteiger partial charge in [0, 0.05) is 11.4 Å². The number of hydrogen-bond donors (Lipinski definition) is 0. The van der Waals surface area contributed by atoms with Crippen LogP contribution < -0.4 is 0 Å². The van der Waals surface area contributed by atoms with Crippen molar-refractivity contribution < 1.29 is 0 Å². The lowest BCUT2D eigenvalue weighted by Crippen LogP contribution is -2.31. The van der Waals surface area contributed by atoms with Crippen molar-refractivity contribution in [2.75, 3.05) is 20.1 Å². The SMILES string of the molecule is Cc1ccc2ncc3nc(C)n(C4CCN(C)CC4)c3c2c1. The van der Waals surface area contributed by atoms with E-state index in [2.05, 4.69) is 53.5 Å². The van der Waals surface area contributed by atoms with Gasteiger partial charge in [0.25, 0.3) is 0 Å². The monoisotopic (exact) mass is 294 g/mol. The van der Waals surface area contributed by atoms with Crippen molar-refractivity contribution in [2.24, 2.45) is 0 Å². The molecule has 1 aliphatic heterocycles. The van der Waals surface area contributed by atoms with E-state index in [-0.39, 0.29) is 0 Å². The molecule has 4 heteroatoms. The summed E-state index contributed by atoms with van der Waals surface area (Å²) in [7, 11) is 2.21. The van der Waals surface area contributed by atoms with Gasteiger partial charge in [-0.05, 0) is 59.0 Å². The van der Waals surface area contributed by atoms with E-state index in [9.17, 15) is 0 Å². The molecule has 2 aromatic heterocycles. The molecule has 3 aromatic rings. The number of aromatic nitrogens is 3. The molecule has 0 radical (unpaired) electrons. The fraction of sp³-hybridized carbons (Fsp3) is 0.444. The first-order valence-electron chi connectivity index (χ1n) is 8.06. The molecule has 0 amide bonds. The van der Waals surface area contributed by atoms with Crippen LogP contribution in [0.4, 0.5) is 0 Å². The Morgan fingerprint density at radius 2 is 1.86 bits per heavy atom. The number of hydrogen-bond acceptors (Lipinski definition) is 3. The van der Waals surface area contributed by atoms with E-state index in [1.807, 2.05) is 6.20 Å². The predicted molar refractivity (Wildman–Crippen MR) is 90.3 cm³/mol. The molecule has 0 bridgehead atoms. The molecule has 1 aliphatic rings. The fourth-order valence-electron chi connectivity index (χ4n) is 3.71. The topological polar surface area (TPSA) is 34.0 Å². The van der Waals surface area contributed by atoms with Crippen LogP contribution in [0.15, 0.2) is 24.4 Å². The van der Waals surface area contributed by atoms with Crippen molar-refractivity contribution >= 4 is 21.9 Å². The molecule has 1 fully saturated rings. The van der Waals surface area contributed by atoms with Crippen LogP contribution in [-0.4, -0.2) is 39.6 Å². The third-order valence-electron chi connectivity index (χ3n) is 4.90. The van der Waals surface area contributed by atoms with Crippen LogP contribution >= 0.6 is 0 Å². The maximum absolute atomic E-state index is 4.77. The summed E-state index contributed by atoms with van der Waals surface area (Å²) >= 11 is 0. The number of benzene rings is 1. The van der Waals surface area contributed by atoms with E-state index in [0.29, 0.717) is 6.04 Å². The highest BCUT2D eigenvalue weighted by Gasteiger charge is 2.23. The van der Waals surface area contributed by atoms with Gasteiger partial charge in [0.15, 0.2) is 0 Å². The van der Waals surface area contributed by atoms with Crippen LogP contribution in [0.5, 0.6) is 0 Å². The Morgan fingerprint density at radius 3 is 2.64 bits per heavy atom. The maximum atomic E-state index is 4.77. The van der Waals surface area contributed by atoms with Gasteiger partial charge < -0.3 is 9.47 Å². The second kappa shape index (κ2) is 5.06. The summed E-state index contributed by atoms with van der Waals surface area (Å²) in [5, 5.41) is 1.23. The van der Waals surface area contributed by atoms with Crippen LogP contribution in [0, 0.1) is 13.8 Å². The summed E-state index contributed by atoms with van der Waals surface area (Å²) in [5.74, 6) is 1.11. The normalized spacial score (nSPS) is 17.6. The standard InChI is InChI=1S/C18H22N4/c1-12-4-5-16-15(10-12)18-17(11-19-16)20-13(2)22(18)14-6-8-21(3)9-7-14/h4-5,10-11,14H,6-9H2,1-3H3. The van der Waals surface area contributed by atoms with Gasteiger partial charge >= 0.3 is 0 Å². The summed E-state index contributed by atoms with van der Waals surface area (Å²) in [4.78, 5) is 11.8. The second-order valence-corrected chi connectivity index (χ2v) is 6.58. The van der Waals surface area contributed by atoms with Crippen molar-refractivity contribution in [1.82, 2.24) is 19.4 Å². The number of fused-ring (bicyclic) bond motifs is 3. The van der Waals surface area contributed by atoms with Gasteiger partial charge in [-0.2, -0.15) is 0 Å². The zero-order valence-corrected chi connectivity index (χ0v) is 13.5. The summed E-state index contributed by atoms with van der Waals surface area (Å²) in [6.07, 6.45) is 4.31. The first-order valence-corrected chi connectivity index (χ1v) is 8.06. The van der Waals surface area contributed by atoms with Gasteiger partial charge in [0.05, 0.1) is 17.2 Å². The number of aryl methyl sites for hydroxylation is 2. The Bertz CT molecular complexity index is 841. The summed E-state index contributed by atoms with van der Waals surface area (Å²) < 4.78 is 2.46. The van der Waals surface area contributed by atoms with Crippen molar-refractivity contribution in [2.45, 2.75) is 32.7 Å². The molecule has 0 aliphatic carbocycles. The van der Waals surface area contributed by atoms with Gasteiger partial charge in [0.2, 0.25) is 0 Å². The van der Waals surface area contributed by atoms with Crippen LogP contribution in [-0.2, 0) is 0 Å². The van der Waals surface area contributed by atoms with Gasteiger partial charge in [-0.1, -0.05) is 11.6 Å². The molecule has 0 atom stereocenters. The van der Waals surface area contributed by atoms with Crippen molar-refractivity contribution in [3.05, 3.63) is 35.8 Å². The zero-order valence-electron chi connectivity index (χ0n) is 13.5. The second-order valence-electron chi connectivity index (χ2n) is 6.58. The smallest absolute Gasteiger partial charge is 0.108 e. The Labute approximate surface area is 130 Å². The fourth-order valence-corrected chi connectivity index (χ4v) is 3.71. The molecule has 4 nitrogen and oxygen atoms in total. The zero-order chi connectivity index (χ0) is 15.3. The van der Waals surface area contributed by atoms with Crippen LogP contribution in [0.1, 0.15) is 30.3 Å². The first-order chi connectivity index (χ1) is 10.6. The Kier molecular flexibility index (Phi) is 3.15. The molecule has 22 heavy (non-hydrogen) atoms. The molecule has 0 spiro atoms. The van der Waals surface area contributed by atoms with Gasteiger partial charge in [-0.25, -0.2) is 4.98 Å². The number of piperidine rings is 1.